The lowest BCUT2D eigenvalue weighted by atomic mass is 9.81. The molecule has 1 aliphatic rings. The molecule has 1 atom stereocenters. The smallest absolute Gasteiger partial charge is 0.228 e. The first-order valence-corrected chi connectivity index (χ1v) is 12.2. The molecule has 6 aromatic rings. The minimum atomic E-state index is -0.108. The summed E-state index contributed by atoms with van der Waals surface area (Å²) in [5.41, 5.74) is 6.13. The quantitative estimate of drug-likeness (QED) is 0.241. The van der Waals surface area contributed by atoms with E-state index in [0.29, 0.717) is 11.7 Å². The Hall–Kier alpha value is -4.03. The van der Waals surface area contributed by atoms with Crippen LogP contribution in [0, 0.1) is 6.92 Å². The number of benzene rings is 4. The van der Waals surface area contributed by atoms with Crippen molar-refractivity contribution in [3.05, 3.63) is 118 Å². The Labute approximate surface area is 210 Å². The zero-order valence-electron chi connectivity index (χ0n) is 18.8. The molecule has 1 unspecified atom stereocenters. The lowest BCUT2D eigenvalue weighted by molar-refractivity contribution is 0.433. The Morgan fingerprint density at radius 3 is 2.54 bits per heavy atom. The molecule has 3 heterocycles. The average Bonchev–Trinajstić information content (AvgIpc) is 3.33. The Kier molecular flexibility index (Phi) is 4.51. The molecule has 0 fully saturated rings. The molecular formula is C29H19BrN4O. The van der Waals surface area contributed by atoms with E-state index >= 15 is 0 Å². The minimum absolute atomic E-state index is 0.108. The third-order valence-electron chi connectivity index (χ3n) is 6.60. The lowest BCUT2D eigenvalue weighted by Gasteiger charge is -2.29. The maximum Gasteiger partial charge on any atom is 0.228 e. The van der Waals surface area contributed by atoms with Gasteiger partial charge in [-0.25, -0.2) is 14.5 Å². The zero-order valence-corrected chi connectivity index (χ0v) is 20.4. The average molecular weight is 519 g/mol. The lowest BCUT2D eigenvalue weighted by Crippen LogP contribution is -2.15. The predicted molar refractivity (Wildman–Crippen MR) is 140 cm³/mol. The van der Waals surface area contributed by atoms with Crippen LogP contribution in [0.15, 0.2) is 95.7 Å². The van der Waals surface area contributed by atoms with Crippen molar-refractivity contribution in [2.75, 3.05) is 0 Å². The van der Waals surface area contributed by atoms with E-state index in [4.69, 9.17) is 14.8 Å². The van der Waals surface area contributed by atoms with Crippen LogP contribution in [0.1, 0.15) is 28.2 Å². The highest BCUT2D eigenvalue weighted by Crippen LogP contribution is 2.50. The summed E-state index contributed by atoms with van der Waals surface area (Å²) >= 11 is 3.62. The first-order chi connectivity index (χ1) is 17.2. The molecule has 0 bridgehead atoms. The van der Waals surface area contributed by atoms with Crippen molar-refractivity contribution < 1.29 is 4.74 Å². The maximum absolute atomic E-state index is 6.41. The van der Waals surface area contributed by atoms with Gasteiger partial charge in [-0.3, -0.25) is 0 Å². The number of hydrogen-bond acceptors (Lipinski definition) is 4. The molecule has 0 saturated carbocycles. The second-order valence-electron chi connectivity index (χ2n) is 8.82. The van der Waals surface area contributed by atoms with E-state index in [2.05, 4.69) is 76.4 Å². The van der Waals surface area contributed by atoms with Gasteiger partial charge >= 0.3 is 0 Å². The van der Waals surface area contributed by atoms with Gasteiger partial charge in [0.05, 0.1) is 5.56 Å². The molecular weight excluding hydrogens is 500 g/mol. The molecule has 0 N–H and O–H groups in total. The number of hydrogen-bond donors (Lipinski definition) is 0. The van der Waals surface area contributed by atoms with Crippen molar-refractivity contribution >= 4 is 32.3 Å². The highest BCUT2D eigenvalue weighted by atomic mass is 79.9. The summed E-state index contributed by atoms with van der Waals surface area (Å²) in [5, 5.41) is 7.04. The largest absolute Gasteiger partial charge is 0.438 e. The highest BCUT2D eigenvalue weighted by molar-refractivity contribution is 9.10. The van der Waals surface area contributed by atoms with E-state index in [0.717, 1.165) is 48.9 Å². The van der Waals surface area contributed by atoms with Crippen LogP contribution in [-0.2, 0) is 0 Å². The van der Waals surface area contributed by atoms with Crippen molar-refractivity contribution in [3.63, 3.8) is 0 Å². The molecule has 168 valence electrons. The fourth-order valence-corrected chi connectivity index (χ4v) is 5.31. The third-order valence-corrected chi connectivity index (χ3v) is 7.09. The minimum Gasteiger partial charge on any atom is -0.438 e. The number of ether oxygens (including phenoxy) is 1. The van der Waals surface area contributed by atoms with Gasteiger partial charge in [0.25, 0.3) is 0 Å². The molecule has 4 aromatic carbocycles. The number of fused-ring (bicyclic) bond motifs is 6. The Morgan fingerprint density at radius 2 is 1.71 bits per heavy atom. The van der Waals surface area contributed by atoms with Crippen molar-refractivity contribution in [2.45, 2.75) is 12.8 Å². The van der Waals surface area contributed by atoms with Crippen LogP contribution >= 0.6 is 15.9 Å². The normalized spacial score (nSPS) is 14.5. The fourth-order valence-electron chi connectivity index (χ4n) is 4.94. The Bertz CT molecular complexity index is 1740. The van der Waals surface area contributed by atoms with Crippen LogP contribution in [0.3, 0.4) is 0 Å². The second kappa shape index (κ2) is 7.75. The van der Waals surface area contributed by atoms with Crippen LogP contribution < -0.4 is 4.74 Å². The molecule has 5 nitrogen and oxygen atoms in total. The van der Waals surface area contributed by atoms with Crippen LogP contribution in [0.4, 0.5) is 0 Å². The van der Waals surface area contributed by atoms with E-state index in [-0.39, 0.29) is 5.92 Å². The van der Waals surface area contributed by atoms with Crippen molar-refractivity contribution in [2.24, 2.45) is 0 Å². The molecule has 0 spiro atoms. The number of aromatic nitrogens is 4. The summed E-state index contributed by atoms with van der Waals surface area (Å²) in [4.78, 5) is 9.65. The van der Waals surface area contributed by atoms with Gasteiger partial charge in [0, 0.05) is 21.5 Å². The highest BCUT2D eigenvalue weighted by Gasteiger charge is 2.34. The summed E-state index contributed by atoms with van der Waals surface area (Å²) in [6, 6.07) is 29.2. The van der Waals surface area contributed by atoms with Crippen molar-refractivity contribution in [3.8, 4) is 23.0 Å². The Morgan fingerprint density at radius 1 is 0.886 bits per heavy atom. The monoisotopic (exact) mass is 518 g/mol. The van der Waals surface area contributed by atoms with Crippen LogP contribution in [0.5, 0.6) is 11.6 Å². The van der Waals surface area contributed by atoms with E-state index in [1.54, 1.807) is 10.8 Å². The number of aryl methyl sites for hydroxylation is 1. The van der Waals surface area contributed by atoms with Crippen LogP contribution in [0.25, 0.3) is 27.8 Å². The molecule has 0 aliphatic carbocycles. The summed E-state index contributed by atoms with van der Waals surface area (Å²) in [7, 11) is 0. The molecule has 0 amide bonds. The van der Waals surface area contributed by atoms with Gasteiger partial charge in [-0.15, -0.1) is 5.10 Å². The number of nitrogens with zero attached hydrogens (tertiary/aromatic N) is 4. The fraction of sp³-hybridized carbons (Fsp3) is 0.0690. The zero-order chi connectivity index (χ0) is 23.5. The summed E-state index contributed by atoms with van der Waals surface area (Å²) in [6.07, 6.45) is 1.68. The molecule has 2 aromatic heterocycles. The second-order valence-corrected chi connectivity index (χ2v) is 9.74. The van der Waals surface area contributed by atoms with Gasteiger partial charge in [0.15, 0.2) is 11.5 Å². The summed E-state index contributed by atoms with van der Waals surface area (Å²) in [5.74, 6) is 1.94. The standard InChI is InChI=1S/C29H19BrN4O/c1-17-7-9-18(10-8-17)24-25-22-13-12-21(30)15-20(22)11-14-23(25)35-29-26(24)28-32-27(33-34(28)16-31-29)19-5-3-2-4-6-19/h2-16,24H,1H3. The molecule has 35 heavy (non-hydrogen) atoms. The van der Waals surface area contributed by atoms with Crippen LogP contribution in [0.2, 0.25) is 0 Å². The third kappa shape index (κ3) is 3.25. The van der Waals surface area contributed by atoms with Gasteiger partial charge in [-0.1, -0.05) is 88.2 Å². The van der Waals surface area contributed by atoms with Gasteiger partial charge in [-0.05, 0) is 41.5 Å². The van der Waals surface area contributed by atoms with Gasteiger partial charge < -0.3 is 4.74 Å². The molecule has 0 radical (unpaired) electrons. The number of halogens is 1. The molecule has 7 rings (SSSR count). The molecule has 1 aliphatic heterocycles. The maximum atomic E-state index is 6.41. The Balaban J connectivity index is 1.55. The number of rotatable bonds is 2. The summed E-state index contributed by atoms with van der Waals surface area (Å²) < 4.78 is 9.22. The predicted octanol–water partition coefficient (Wildman–Crippen LogP) is 7.30. The van der Waals surface area contributed by atoms with Gasteiger partial charge in [0.2, 0.25) is 5.88 Å². The van der Waals surface area contributed by atoms with Crippen molar-refractivity contribution in [1.82, 2.24) is 19.6 Å². The summed E-state index contributed by atoms with van der Waals surface area (Å²) in [6.45, 7) is 2.10. The van der Waals surface area contributed by atoms with Gasteiger partial charge in [-0.2, -0.15) is 0 Å². The SMILES string of the molecule is Cc1ccc(C2c3c(ccc4cc(Br)ccc34)Oc3ncn4nc(-c5ccccc5)nc4c32)cc1. The first kappa shape index (κ1) is 20.4. The van der Waals surface area contributed by atoms with E-state index in [1.165, 1.54) is 5.56 Å². The van der Waals surface area contributed by atoms with E-state index in [1.807, 2.05) is 36.4 Å². The molecule has 6 heteroatoms. The molecule has 0 saturated heterocycles. The van der Waals surface area contributed by atoms with Gasteiger partial charge in [0.1, 0.15) is 12.1 Å². The van der Waals surface area contributed by atoms with E-state index < -0.39 is 0 Å². The topological polar surface area (TPSA) is 52.3 Å². The first-order valence-electron chi connectivity index (χ1n) is 11.4. The van der Waals surface area contributed by atoms with Crippen molar-refractivity contribution in [1.29, 1.82) is 0 Å². The van der Waals surface area contributed by atoms with E-state index in [9.17, 15) is 0 Å². The van der Waals surface area contributed by atoms with Crippen LogP contribution in [-0.4, -0.2) is 19.6 Å².